The lowest BCUT2D eigenvalue weighted by molar-refractivity contribution is 0.133. The SMILES string of the molecule is OC(c1cncnc1)C1CCC(C2CC2)N1. The molecule has 1 saturated heterocycles. The molecule has 86 valence electrons. The highest BCUT2D eigenvalue weighted by Gasteiger charge is 2.38. The van der Waals surface area contributed by atoms with Crippen molar-refractivity contribution in [3.8, 4) is 0 Å². The predicted molar refractivity (Wildman–Crippen MR) is 59.7 cm³/mol. The van der Waals surface area contributed by atoms with Gasteiger partial charge in [-0.1, -0.05) is 0 Å². The molecule has 1 aromatic rings. The number of hydrogen-bond donors (Lipinski definition) is 2. The van der Waals surface area contributed by atoms with Crippen LogP contribution in [0.2, 0.25) is 0 Å². The Bertz CT molecular complexity index is 353. The predicted octanol–water partition coefficient (Wildman–Crippen LogP) is 1.04. The highest BCUT2D eigenvalue weighted by Crippen LogP contribution is 2.38. The van der Waals surface area contributed by atoms with E-state index in [0.717, 1.165) is 17.9 Å². The lowest BCUT2D eigenvalue weighted by Gasteiger charge is -2.19. The molecular weight excluding hydrogens is 202 g/mol. The van der Waals surface area contributed by atoms with Gasteiger partial charge in [0.05, 0.1) is 6.10 Å². The summed E-state index contributed by atoms with van der Waals surface area (Å²) in [6.45, 7) is 0. The number of aliphatic hydroxyl groups is 1. The van der Waals surface area contributed by atoms with E-state index in [1.54, 1.807) is 12.4 Å². The number of aliphatic hydroxyl groups excluding tert-OH is 1. The summed E-state index contributed by atoms with van der Waals surface area (Å²) in [6, 6.07) is 0.806. The number of aromatic nitrogens is 2. The topological polar surface area (TPSA) is 58.0 Å². The molecule has 3 atom stereocenters. The van der Waals surface area contributed by atoms with Crippen molar-refractivity contribution >= 4 is 0 Å². The zero-order valence-corrected chi connectivity index (χ0v) is 9.21. The molecule has 1 aliphatic heterocycles. The zero-order chi connectivity index (χ0) is 11.0. The first-order valence-electron chi connectivity index (χ1n) is 6.03. The largest absolute Gasteiger partial charge is 0.387 e. The molecule has 1 aromatic heterocycles. The lowest BCUT2D eigenvalue weighted by atomic mass is 10.0. The van der Waals surface area contributed by atoms with Gasteiger partial charge < -0.3 is 10.4 Å². The van der Waals surface area contributed by atoms with Crippen molar-refractivity contribution in [3.63, 3.8) is 0 Å². The Morgan fingerprint density at radius 3 is 2.62 bits per heavy atom. The van der Waals surface area contributed by atoms with E-state index in [-0.39, 0.29) is 6.04 Å². The van der Waals surface area contributed by atoms with Crippen molar-refractivity contribution in [3.05, 3.63) is 24.3 Å². The van der Waals surface area contributed by atoms with E-state index in [2.05, 4.69) is 15.3 Å². The van der Waals surface area contributed by atoms with Crippen LogP contribution in [0, 0.1) is 5.92 Å². The standard InChI is InChI=1S/C12H17N3O/c16-12(9-5-13-7-14-6-9)11-4-3-10(15-11)8-1-2-8/h5-8,10-12,15-16H,1-4H2. The molecule has 16 heavy (non-hydrogen) atoms. The molecule has 0 bridgehead atoms. The molecule has 0 amide bonds. The maximum atomic E-state index is 10.2. The molecule has 1 saturated carbocycles. The number of nitrogens with zero attached hydrogens (tertiary/aromatic N) is 2. The third-order valence-corrected chi connectivity index (χ3v) is 3.71. The number of nitrogens with one attached hydrogen (secondary N) is 1. The van der Waals surface area contributed by atoms with Crippen LogP contribution in [-0.4, -0.2) is 27.2 Å². The number of hydrogen-bond acceptors (Lipinski definition) is 4. The minimum atomic E-state index is -0.468. The van der Waals surface area contributed by atoms with Gasteiger partial charge >= 0.3 is 0 Å². The number of rotatable bonds is 3. The molecule has 0 spiro atoms. The summed E-state index contributed by atoms with van der Waals surface area (Å²) in [7, 11) is 0. The van der Waals surface area contributed by atoms with Crippen molar-refractivity contribution in [2.45, 2.75) is 43.9 Å². The summed E-state index contributed by atoms with van der Waals surface area (Å²) in [5, 5.41) is 13.7. The van der Waals surface area contributed by atoms with Gasteiger partial charge in [0.1, 0.15) is 6.33 Å². The van der Waals surface area contributed by atoms with Gasteiger partial charge in [0, 0.05) is 30.0 Å². The summed E-state index contributed by atoms with van der Waals surface area (Å²) in [5.41, 5.74) is 0.816. The fourth-order valence-electron chi connectivity index (χ4n) is 2.62. The van der Waals surface area contributed by atoms with Crippen LogP contribution in [0.1, 0.15) is 37.4 Å². The Balaban J connectivity index is 1.65. The molecule has 4 nitrogen and oxygen atoms in total. The van der Waals surface area contributed by atoms with Crippen LogP contribution < -0.4 is 5.32 Å². The van der Waals surface area contributed by atoms with E-state index in [9.17, 15) is 5.11 Å². The van der Waals surface area contributed by atoms with Gasteiger partial charge in [-0.15, -0.1) is 0 Å². The monoisotopic (exact) mass is 219 g/mol. The summed E-state index contributed by atoms with van der Waals surface area (Å²) in [5.74, 6) is 0.865. The highest BCUT2D eigenvalue weighted by atomic mass is 16.3. The lowest BCUT2D eigenvalue weighted by Crippen LogP contribution is -2.35. The summed E-state index contributed by atoms with van der Waals surface area (Å²) in [6.07, 6.45) is 9.38. The molecule has 2 fully saturated rings. The molecule has 2 heterocycles. The smallest absolute Gasteiger partial charge is 0.115 e. The third kappa shape index (κ3) is 1.95. The Morgan fingerprint density at radius 1 is 1.19 bits per heavy atom. The summed E-state index contributed by atoms with van der Waals surface area (Å²) < 4.78 is 0. The normalized spacial score (nSPS) is 31.6. The van der Waals surface area contributed by atoms with Crippen LogP contribution in [0.15, 0.2) is 18.7 Å². The molecule has 4 heteroatoms. The van der Waals surface area contributed by atoms with Gasteiger partial charge in [-0.25, -0.2) is 9.97 Å². The average molecular weight is 219 g/mol. The maximum Gasteiger partial charge on any atom is 0.115 e. The Morgan fingerprint density at radius 2 is 1.94 bits per heavy atom. The van der Waals surface area contributed by atoms with Crippen LogP contribution in [0.5, 0.6) is 0 Å². The second-order valence-electron chi connectivity index (χ2n) is 4.91. The van der Waals surface area contributed by atoms with Crippen molar-refractivity contribution in [1.29, 1.82) is 0 Å². The van der Waals surface area contributed by atoms with E-state index >= 15 is 0 Å². The highest BCUT2D eigenvalue weighted by molar-refractivity contribution is 5.11. The molecule has 2 aliphatic rings. The first-order chi connectivity index (χ1) is 7.84. The second kappa shape index (κ2) is 4.11. The van der Waals surface area contributed by atoms with Gasteiger partial charge in [0.25, 0.3) is 0 Å². The molecule has 2 N–H and O–H groups in total. The Hall–Kier alpha value is -1.00. The molecule has 1 aliphatic carbocycles. The third-order valence-electron chi connectivity index (χ3n) is 3.71. The van der Waals surface area contributed by atoms with Gasteiger partial charge in [-0.05, 0) is 31.6 Å². The van der Waals surface area contributed by atoms with Crippen LogP contribution >= 0.6 is 0 Å². The van der Waals surface area contributed by atoms with E-state index in [1.165, 1.54) is 25.6 Å². The summed E-state index contributed by atoms with van der Waals surface area (Å²) >= 11 is 0. The second-order valence-corrected chi connectivity index (χ2v) is 4.91. The molecule has 0 radical (unpaired) electrons. The van der Waals surface area contributed by atoms with Crippen molar-refractivity contribution < 1.29 is 5.11 Å². The van der Waals surface area contributed by atoms with Gasteiger partial charge in [0.2, 0.25) is 0 Å². The van der Waals surface area contributed by atoms with E-state index in [0.29, 0.717) is 6.04 Å². The first-order valence-corrected chi connectivity index (χ1v) is 6.03. The first kappa shape index (κ1) is 10.2. The van der Waals surface area contributed by atoms with Gasteiger partial charge in [-0.3, -0.25) is 0 Å². The van der Waals surface area contributed by atoms with Gasteiger partial charge in [-0.2, -0.15) is 0 Å². The molecule has 3 rings (SSSR count). The van der Waals surface area contributed by atoms with Gasteiger partial charge in [0.15, 0.2) is 0 Å². The van der Waals surface area contributed by atoms with Crippen molar-refractivity contribution in [1.82, 2.24) is 15.3 Å². The Labute approximate surface area is 95.1 Å². The van der Waals surface area contributed by atoms with E-state index in [1.807, 2.05) is 0 Å². The van der Waals surface area contributed by atoms with Crippen molar-refractivity contribution in [2.24, 2.45) is 5.92 Å². The molecular formula is C12H17N3O. The minimum Gasteiger partial charge on any atom is -0.387 e. The van der Waals surface area contributed by atoms with Crippen molar-refractivity contribution in [2.75, 3.05) is 0 Å². The fourth-order valence-corrected chi connectivity index (χ4v) is 2.62. The van der Waals surface area contributed by atoms with E-state index < -0.39 is 6.10 Å². The fraction of sp³-hybridized carbons (Fsp3) is 0.667. The van der Waals surface area contributed by atoms with Crippen LogP contribution in [0.25, 0.3) is 0 Å². The minimum absolute atomic E-state index is 0.177. The molecule has 0 aromatic carbocycles. The molecule has 3 unspecified atom stereocenters. The average Bonchev–Trinajstić information content (AvgIpc) is 3.08. The van der Waals surface area contributed by atoms with E-state index in [4.69, 9.17) is 0 Å². The Kier molecular flexibility index (Phi) is 2.61. The summed E-state index contributed by atoms with van der Waals surface area (Å²) in [4.78, 5) is 7.89. The quantitative estimate of drug-likeness (QED) is 0.797. The zero-order valence-electron chi connectivity index (χ0n) is 9.21. The van der Waals surface area contributed by atoms with Crippen LogP contribution in [0.3, 0.4) is 0 Å². The maximum absolute atomic E-state index is 10.2. The van der Waals surface area contributed by atoms with Crippen LogP contribution in [0.4, 0.5) is 0 Å². The van der Waals surface area contributed by atoms with Crippen LogP contribution in [-0.2, 0) is 0 Å².